The first-order valence-electron chi connectivity index (χ1n) is 12.1. The highest BCUT2D eigenvalue weighted by Crippen LogP contribution is 2.30. The van der Waals surface area contributed by atoms with Crippen molar-refractivity contribution in [3.05, 3.63) is 126 Å². The Hall–Kier alpha value is -3.89. The first kappa shape index (κ1) is 22.9. The van der Waals surface area contributed by atoms with Crippen molar-refractivity contribution in [1.29, 1.82) is 0 Å². The fraction of sp³-hybridized carbons (Fsp3) is 0.194. The van der Waals surface area contributed by atoms with E-state index in [2.05, 4.69) is 17.4 Å². The summed E-state index contributed by atoms with van der Waals surface area (Å²) in [6.45, 7) is 0. The zero-order chi connectivity index (χ0) is 24.0. The molecule has 1 fully saturated rings. The molecule has 0 radical (unpaired) electrons. The Morgan fingerprint density at radius 3 is 1.80 bits per heavy atom. The number of ether oxygens (including phenoxy) is 1. The van der Waals surface area contributed by atoms with Gasteiger partial charge in [0.15, 0.2) is 0 Å². The molecule has 0 aliphatic heterocycles. The van der Waals surface area contributed by atoms with E-state index in [0.29, 0.717) is 12.8 Å². The number of nitrogens with one attached hydrogen (secondary N) is 1. The van der Waals surface area contributed by atoms with Crippen LogP contribution >= 0.6 is 0 Å². The third-order valence-electron chi connectivity index (χ3n) is 6.61. The number of rotatable bonds is 7. The fourth-order valence-corrected chi connectivity index (χ4v) is 4.82. The van der Waals surface area contributed by atoms with Gasteiger partial charge in [-0.05, 0) is 34.4 Å². The van der Waals surface area contributed by atoms with Crippen LogP contribution in [-0.4, -0.2) is 29.3 Å². The predicted octanol–water partition coefficient (Wildman–Crippen LogP) is 5.57. The molecule has 4 heteroatoms. The Morgan fingerprint density at radius 2 is 1.23 bits per heavy atom. The molecule has 0 saturated heterocycles. The highest BCUT2D eigenvalue weighted by atomic mass is 16.5. The SMILES string of the molecule is O=C(N[C@@H]1C[C@H](Oc2ccc(-c3ccccc3)cc2)C[C@H]1O)C(c1ccccc1)c1ccccc1. The highest BCUT2D eigenvalue weighted by molar-refractivity contribution is 5.87. The van der Waals surface area contributed by atoms with E-state index in [1.807, 2.05) is 103 Å². The van der Waals surface area contributed by atoms with Crippen molar-refractivity contribution in [2.75, 3.05) is 0 Å². The lowest BCUT2D eigenvalue weighted by atomic mass is 9.90. The molecule has 1 aliphatic carbocycles. The normalized spacial score (nSPS) is 19.4. The smallest absolute Gasteiger partial charge is 0.232 e. The molecule has 0 aromatic heterocycles. The number of aliphatic hydroxyl groups excluding tert-OH is 1. The van der Waals surface area contributed by atoms with Crippen LogP contribution in [0.2, 0.25) is 0 Å². The largest absolute Gasteiger partial charge is 0.490 e. The third kappa shape index (κ3) is 5.44. The second-order valence-electron chi connectivity index (χ2n) is 9.04. The summed E-state index contributed by atoms with van der Waals surface area (Å²) in [7, 11) is 0. The molecule has 4 aromatic rings. The predicted molar refractivity (Wildman–Crippen MR) is 138 cm³/mol. The van der Waals surface area contributed by atoms with Gasteiger partial charge in [-0.3, -0.25) is 4.79 Å². The van der Waals surface area contributed by atoms with Crippen LogP contribution < -0.4 is 10.1 Å². The molecule has 1 amide bonds. The molecule has 1 saturated carbocycles. The molecule has 35 heavy (non-hydrogen) atoms. The molecule has 0 spiro atoms. The minimum atomic E-state index is -0.653. The van der Waals surface area contributed by atoms with E-state index in [1.165, 1.54) is 0 Å². The molecule has 0 bridgehead atoms. The van der Waals surface area contributed by atoms with Crippen molar-refractivity contribution >= 4 is 5.91 Å². The second kappa shape index (κ2) is 10.6. The molecule has 176 valence electrons. The summed E-state index contributed by atoms with van der Waals surface area (Å²) in [5.41, 5.74) is 4.14. The number of benzene rings is 4. The summed E-state index contributed by atoms with van der Waals surface area (Å²) in [6, 6.07) is 37.4. The van der Waals surface area contributed by atoms with Crippen molar-refractivity contribution in [2.45, 2.75) is 37.0 Å². The minimum Gasteiger partial charge on any atom is -0.490 e. The van der Waals surface area contributed by atoms with E-state index in [9.17, 15) is 9.90 Å². The maximum atomic E-state index is 13.4. The van der Waals surface area contributed by atoms with Crippen LogP contribution in [0.1, 0.15) is 29.9 Å². The molecule has 1 aliphatic rings. The van der Waals surface area contributed by atoms with Crippen LogP contribution in [0, 0.1) is 0 Å². The fourth-order valence-electron chi connectivity index (χ4n) is 4.82. The molecule has 5 rings (SSSR count). The zero-order valence-electron chi connectivity index (χ0n) is 19.5. The first-order chi connectivity index (χ1) is 17.2. The number of hydrogen-bond donors (Lipinski definition) is 2. The average molecular weight is 464 g/mol. The number of carbonyl (C=O) groups excluding carboxylic acids is 1. The van der Waals surface area contributed by atoms with Crippen molar-refractivity contribution in [3.8, 4) is 16.9 Å². The highest BCUT2D eigenvalue weighted by Gasteiger charge is 2.37. The summed E-state index contributed by atoms with van der Waals surface area (Å²) in [5, 5.41) is 13.8. The van der Waals surface area contributed by atoms with Gasteiger partial charge in [0.25, 0.3) is 0 Å². The van der Waals surface area contributed by atoms with E-state index < -0.39 is 12.0 Å². The quantitative estimate of drug-likeness (QED) is 0.377. The number of hydrogen-bond acceptors (Lipinski definition) is 3. The van der Waals surface area contributed by atoms with Crippen LogP contribution in [0.4, 0.5) is 0 Å². The van der Waals surface area contributed by atoms with Gasteiger partial charge < -0.3 is 15.2 Å². The Balaban J connectivity index is 1.24. The van der Waals surface area contributed by atoms with E-state index in [-0.39, 0.29) is 18.1 Å². The van der Waals surface area contributed by atoms with Gasteiger partial charge in [0, 0.05) is 12.8 Å². The number of amides is 1. The lowest BCUT2D eigenvalue weighted by Crippen LogP contribution is -2.42. The topological polar surface area (TPSA) is 58.6 Å². The molecule has 4 aromatic carbocycles. The van der Waals surface area contributed by atoms with Crippen LogP contribution in [0.25, 0.3) is 11.1 Å². The maximum Gasteiger partial charge on any atom is 0.232 e. The van der Waals surface area contributed by atoms with E-state index in [4.69, 9.17) is 4.74 Å². The standard InChI is InChI=1S/C31H29NO3/c33-29-21-27(35-26-18-16-23(17-19-26)22-10-4-1-5-11-22)20-28(29)32-31(34)30(24-12-6-2-7-13-24)25-14-8-3-9-15-25/h1-19,27-30,33H,20-21H2,(H,32,34)/t27-,28+,29+/m0/s1. The van der Waals surface area contributed by atoms with Crippen LogP contribution in [0.15, 0.2) is 115 Å². The van der Waals surface area contributed by atoms with Gasteiger partial charge in [-0.25, -0.2) is 0 Å². The van der Waals surface area contributed by atoms with Gasteiger partial charge in [0.05, 0.1) is 18.1 Å². The van der Waals surface area contributed by atoms with Crippen LogP contribution in [0.3, 0.4) is 0 Å². The van der Waals surface area contributed by atoms with Crippen molar-refractivity contribution in [1.82, 2.24) is 5.32 Å². The second-order valence-corrected chi connectivity index (χ2v) is 9.04. The number of aliphatic hydroxyl groups is 1. The first-order valence-corrected chi connectivity index (χ1v) is 12.1. The molecular formula is C31H29NO3. The Morgan fingerprint density at radius 1 is 0.714 bits per heavy atom. The van der Waals surface area contributed by atoms with Crippen molar-refractivity contribution in [3.63, 3.8) is 0 Å². The van der Waals surface area contributed by atoms with E-state index >= 15 is 0 Å². The summed E-state index contributed by atoms with van der Waals surface area (Å²) in [4.78, 5) is 13.4. The van der Waals surface area contributed by atoms with Crippen molar-refractivity contribution in [2.24, 2.45) is 0 Å². The lowest BCUT2D eigenvalue weighted by Gasteiger charge is -2.22. The van der Waals surface area contributed by atoms with E-state index in [0.717, 1.165) is 28.0 Å². The summed E-state index contributed by atoms with van der Waals surface area (Å²) < 4.78 is 6.17. The van der Waals surface area contributed by atoms with Gasteiger partial charge in [0.2, 0.25) is 5.91 Å². The molecule has 3 atom stereocenters. The third-order valence-corrected chi connectivity index (χ3v) is 6.61. The van der Waals surface area contributed by atoms with Crippen LogP contribution in [-0.2, 0) is 4.79 Å². The van der Waals surface area contributed by atoms with Gasteiger partial charge >= 0.3 is 0 Å². The minimum absolute atomic E-state index is 0.112. The molecule has 2 N–H and O–H groups in total. The molecular weight excluding hydrogens is 434 g/mol. The zero-order valence-corrected chi connectivity index (χ0v) is 19.5. The van der Waals surface area contributed by atoms with Crippen molar-refractivity contribution < 1.29 is 14.6 Å². The van der Waals surface area contributed by atoms with Gasteiger partial charge in [-0.2, -0.15) is 0 Å². The lowest BCUT2D eigenvalue weighted by molar-refractivity contribution is -0.123. The van der Waals surface area contributed by atoms with Gasteiger partial charge in [-0.15, -0.1) is 0 Å². The summed E-state index contributed by atoms with van der Waals surface area (Å²) in [5.74, 6) is 0.217. The van der Waals surface area contributed by atoms with Gasteiger partial charge in [0.1, 0.15) is 11.9 Å². The van der Waals surface area contributed by atoms with E-state index in [1.54, 1.807) is 0 Å². The Kier molecular flexibility index (Phi) is 6.92. The Labute approximate surface area is 206 Å². The van der Waals surface area contributed by atoms with Crippen LogP contribution in [0.5, 0.6) is 5.75 Å². The van der Waals surface area contributed by atoms with Gasteiger partial charge in [-0.1, -0.05) is 103 Å². The Bertz CT molecular complexity index is 1190. The monoisotopic (exact) mass is 463 g/mol. The average Bonchev–Trinajstić information content (AvgIpc) is 3.24. The molecule has 4 nitrogen and oxygen atoms in total. The summed E-state index contributed by atoms with van der Waals surface area (Å²) >= 11 is 0. The maximum absolute atomic E-state index is 13.4. The molecule has 0 heterocycles. The summed E-state index contributed by atoms with van der Waals surface area (Å²) in [6.07, 6.45) is 0.223. The number of carbonyl (C=O) groups is 1. The molecule has 0 unspecified atom stereocenters.